The predicted molar refractivity (Wildman–Crippen MR) is 92.8 cm³/mol. The molecule has 122 valence electrons. The Kier molecular flexibility index (Phi) is 4.93. The molecule has 0 spiro atoms. The van der Waals surface area contributed by atoms with Crippen LogP contribution in [0.1, 0.15) is 22.0 Å². The zero-order valence-electron chi connectivity index (χ0n) is 12.7. The van der Waals surface area contributed by atoms with E-state index in [1.807, 2.05) is 42.5 Å². The van der Waals surface area contributed by atoms with Crippen LogP contribution in [0.25, 0.3) is 11.3 Å². The number of aromatic nitrogens is 2. The fourth-order valence-corrected chi connectivity index (χ4v) is 2.50. The van der Waals surface area contributed by atoms with Gasteiger partial charge in [-0.15, -0.1) is 0 Å². The highest BCUT2D eigenvalue weighted by molar-refractivity contribution is 6.30. The molecule has 1 heterocycles. The van der Waals surface area contributed by atoms with Gasteiger partial charge in [0.2, 0.25) is 0 Å². The first-order valence-corrected chi connectivity index (χ1v) is 7.83. The van der Waals surface area contributed by atoms with Crippen LogP contribution >= 0.6 is 11.6 Å². The van der Waals surface area contributed by atoms with E-state index < -0.39 is 6.10 Å². The molecule has 0 unspecified atom stereocenters. The maximum absolute atomic E-state index is 12.4. The molecule has 0 saturated heterocycles. The van der Waals surface area contributed by atoms with E-state index in [1.165, 1.54) is 6.20 Å². The molecule has 1 atom stereocenters. The lowest BCUT2D eigenvalue weighted by Gasteiger charge is -2.12. The van der Waals surface area contributed by atoms with Crippen LogP contribution in [0, 0.1) is 0 Å². The van der Waals surface area contributed by atoms with Crippen molar-refractivity contribution in [2.75, 3.05) is 6.54 Å². The van der Waals surface area contributed by atoms with E-state index in [2.05, 4.69) is 15.5 Å². The predicted octanol–water partition coefficient (Wildman–Crippen LogP) is 3.19. The highest BCUT2D eigenvalue weighted by Crippen LogP contribution is 2.23. The summed E-state index contributed by atoms with van der Waals surface area (Å²) in [5.74, 6) is -0.302. The maximum Gasteiger partial charge on any atom is 0.255 e. The highest BCUT2D eigenvalue weighted by atomic mass is 35.5. The number of aromatic amines is 1. The molecule has 24 heavy (non-hydrogen) atoms. The minimum atomic E-state index is -0.763. The quantitative estimate of drug-likeness (QED) is 0.667. The smallest absolute Gasteiger partial charge is 0.255 e. The second-order valence-corrected chi connectivity index (χ2v) is 5.74. The van der Waals surface area contributed by atoms with Crippen molar-refractivity contribution in [3.05, 3.63) is 76.9 Å². The van der Waals surface area contributed by atoms with Crippen molar-refractivity contribution >= 4 is 17.5 Å². The van der Waals surface area contributed by atoms with Crippen molar-refractivity contribution in [3.63, 3.8) is 0 Å². The van der Waals surface area contributed by atoms with E-state index in [9.17, 15) is 9.90 Å². The number of nitrogens with zero attached hydrogens (tertiary/aromatic N) is 1. The first kappa shape index (κ1) is 16.2. The van der Waals surface area contributed by atoms with Crippen LogP contribution in [0.2, 0.25) is 5.02 Å². The summed E-state index contributed by atoms with van der Waals surface area (Å²) in [6, 6.07) is 16.3. The number of rotatable bonds is 5. The van der Waals surface area contributed by atoms with Gasteiger partial charge in [0.25, 0.3) is 5.91 Å². The van der Waals surface area contributed by atoms with Gasteiger partial charge in [-0.25, -0.2) is 0 Å². The number of aliphatic hydroxyl groups is 1. The highest BCUT2D eigenvalue weighted by Gasteiger charge is 2.16. The molecule has 6 heteroatoms. The molecule has 0 aliphatic rings. The summed E-state index contributed by atoms with van der Waals surface area (Å²) in [4.78, 5) is 12.4. The molecule has 2 aromatic carbocycles. The summed E-state index contributed by atoms with van der Waals surface area (Å²) in [6.45, 7) is 0.119. The van der Waals surface area contributed by atoms with Gasteiger partial charge in [0.1, 0.15) is 0 Å². The number of carbonyl (C=O) groups is 1. The van der Waals surface area contributed by atoms with Crippen LogP contribution < -0.4 is 5.32 Å². The van der Waals surface area contributed by atoms with Crippen LogP contribution in [0.4, 0.5) is 0 Å². The number of amides is 1. The minimum absolute atomic E-state index is 0.119. The van der Waals surface area contributed by atoms with E-state index in [-0.39, 0.29) is 12.5 Å². The van der Waals surface area contributed by atoms with Gasteiger partial charge >= 0.3 is 0 Å². The Labute approximate surface area is 144 Å². The zero-order chi connectivity index (χ0) is 16.9. The van der Waals surface area contributed by atoms with Crippen molar-refractivity contribution in [1.82, 2.24) is 15.5 Å². The Morgan fingerprint density at radius 2 is 1.88 bits per heavy atom. The maximum atomic E-state index is 12.4. The number of nitrogens with one attached hydrogen (secondary N) is 2. The van der Waals surface area contributed by atoms with Crippen LogP contribution in [-0.4, -0.2) is 27.8 Å². The molecule has 0 bridgehead atoms. The molecule has 0 aliphatic heterocycles. The van der Waals surface area contributed by atoms with E-state index >= 15 is 0 Å². The normalized spacial score (nSPS) is 11.9. The molecule has 1 aromatic heterocycles. The fourth-order valence-electron chi connectivity index (χ4n) is 2.37. The Bertz CT molecular complexity index is 816. The van der Waals surface area contributed by atoms with Gasteiger partial charge in [0.05, 0.1) is 23.6 Å². The average molecular weight is 342 g/mol. The number of H-pyrrole nitrogens is 1. The number of carbonyl (C=O) groups excluding carboxylic acids is 1. The van der Waals surface area contributed by atoms with Crippen molar-refractivity contribution in [3.8, 4) is 11.3 Å². The minimum Gasteiger partial charge on any atom is -0.387 e. The summed E-state index contributed by atoms with van der Waals surface area (Å²) in [5.41, 5.74) is 2.59. The number of halogens is 1. The van der Waals surface area contributed by atoms with Gasteiger partial charge < -0.3 is 10.4 Å². The lowest BCUT2D eigenvalue weighted by atomic mass is 10.1. The first-order chi connectivity index (χ1) is 11.6. The summed E-state index contributed by atoms with van der Waals surface area (Å²) >= 11 is 5.89. The van der Waals surface area contributed by atoms with Gasteiger partial charge in [-0.1, -0.05) is 54.1 Å². The third-order valence-corrected chi connectivity index (χ3v) is 3.91. The fraction of sp³-hybridized carbons (Fsp3) is 0.111. The summed E-state index contributed by atoms with van der Waals surface area (Å²) in [7, 11) is 0. The van der Waals surface area contributed by atoms with Gasteiger partial charge in [-0.2, -0.15) is 5.10 Å². The van der Waals surface area contributed by atoms with Crippen molar-refractivity contribution in [2.45, 2.75) is 6.10 Å². The van der Waals surface area contributed by atoms with Crippen LogP contribution in [-0.2, 0) is 0 Å². The molecule has 3 aromatic rings. The Morgan fingerprint density at radius 3 is 2.58 bits per heavy atom. The van der Waals surface area contributed by atoms with Crippen LogP contribution in [0.5, 0.6) is 0 Å². The monoisotopic (exact) mass is 341 g/mol. The van der Waals surface area contributed by atoms with E-state index in [0.29, 0.717) is 16.3 Å². The van der Waals surface area contributed by atoms with E-state index in [1.54, 1.807) is 12.1 Å². The van der Waals surface area contributed by atoms with Gasteiger partial charge in [0, 0.05) is 17.1 Å². The molecule has 0 saturated carbocycles. The van der Waals surface area contributed by atoms with E-state index in [4.69, 9.17) is 11.6 Å². The number of hydrogen-bond donors (Lipinski definition) is 3. The van der Waals surface area contributed by atoms with Crippen LogP contribution in [0.15, 0.2) is 60.8 Å². The zero-order valence-corrected chi connectivity index (χ0v) is 13.5. The SMILES string of the molecule is O=C(NC[C@@H](O)c1ccccc1)c1cn[nH]c1-c1ccc(Cl)cc1. The lowest BCUT2D eigenvalue weighted by molar-refractivity contribution is 0.0917. The number of hydrogen-bond acceptors (Lipinski definition) is 3. The summed E-state index contributed by atoms with van der Waals surface area (Å²) in [5, 5.41) is 20.3. The third-order valence-electron chi connectivity index (χ3n) is 3.66. The first-order valence-electron chi connectivity index (χ1n) is 7.45. The topological polar surface area (TPSA) is 78.0 Å². The average Bonchev–Trinajstić information content (AvgIpc) is 3.10. The van der Waals surface area contributed by atoms with Gasteiger partial charge in [0.15, 0.2) is 0 Å². The molecule has 0 radical (unpaired) electrons. The Hall–Kier alpha value is -2.63. The molecule has 3 N–H and O–H groups in total. The van der Waals surface area contributed by atoms with Crippen molar-refractivity contribution in [2.24, 2.45) is 0 Å². The molecule has 0 fully saturated rings. The van der Waals surface area contributed by atoms with Crippen molar-refractivity contribution in [1.29, 1.82) is 0 Å². The second-order valence-electron chi connectivity index (χ2n) is 5.30. The van der Waals surface area contributed by atoms with E-state index in [0.717, 1.165) is 11.1 Å². The Balaban J connectivity index is 1.70. The standard InChI is InChI=1S/C18H16ClN3O2/c19-14-8-6-13(7-9-14)17-15(10-21-22-17)18(24)20-11-16(23)12-4-2-1-3-5-12/h1-10,16,23H,11H2,(H,20,24)(H,21,22)/t16-/m1/s1. The number of aliphatic hydroxyl groups excluding tert-OH is 1. The molecule has 1 amide bonds. The third kappa shape index (κ3) is 3.64. The lowest BCUT2D eigenvalue weighted by Crippen LogP contribution is -2.28. The summed E-state index contributed by atoms with van der Waals surface area (Å²) in [6.07, 6.45) is 0.704. The molecular formula is C18H16ClN3O2. The molecular weight excluding hydrogens is 326 g/mol. The summed E-state index contributed by atoms with van der Waals surface area (Å²) < 4.78 is 0. The second kappa shape index (κ2) is 7.29. The largest absolute Gasteiger partial charge is 0.387 e. The molecule has 0 aliphatic carbocycles. The Morgan fingerprint density at radius 1 is 1.17 bits per heavy atom. The van der Waals surface area contributed by atoms with Gasteiger partial charge in [-0.05, 0) is 17.7 Å². The molecule has 3 rings (SSSR count). The van der Waals surface area contributed by atoms with Crippen molar-refractivity contribution < 1.29 is 9.90 Å². The van der Waals surface area contributed by atoms with Crippen LogP contribution in [0.3, 0.4) is 0 Å². The number of benzene rings is 2. The van der Waals surface area contributed by atoms with Gasteiger partial charge in [-0.3, -0.25) is 9.89 Å². The molecule has 5 nitrogen and oxygen atoms in total.